The maximum Gasteiger partial charge on any atom is 0.0515 e. The van der Waals surface area contributed by atoms with E-state index in [2.05, 4.69) is 11.1 Å². The normalized spacial score (nSPS) is 9.92. The van der Waals surface area contributed by atoms with Crippen molar-refractivity contribution in [2.75, 3.05) is 0 Å². The summed E-state index contributed by atoms with van der Waals surface area (Å²) in [5.74, 6) is 0. The first kappa shape index (κ1) is 8.27. The summed E-state index contributed by atoms with van der Waals surface area (Å²) in [6.07, 6.45) is 3.44. The van der Waals surface area contributed by atoms with Gasteiger partial charge in [-0.3, -0.25) is 4.98 Å². The Balaban J connectivity index is 2.54. The third-order valence-corrected chi connectivity index (χ3v) is 2.13. The van der Waals surface area contributed by atoms with Crippen molar-refractivity contribution in [3.63, 3.8) is 0 Å². The fourth-order valence-electron chi connectivity index (χ4n) is 1.16. The molecule has 0 unspecified atom stereocenters. The van der Waals surface area contributed by atoms with Gasteiger partial charge >= 0.3 is 0 Å². The van der Waals surface area contributed by atoms with Crippen LogP contribution in [0.3, 0.4) is 0 Å². The lowest BCUT2D eigenvalue weighted by atomic mass is 10.1. The number of aromatic nitrogens is 1. The Kier molecular flexibility index (Phi) is 2.28. The lowest BCUT2D eigenvalue weighted by molar-refractivity contribution is 1.33. The zero-order chi connectivity index (χ0) is 9.10. The van der Waals surface area contributed by atoms with Crippen LogP contribution in [-0.4, -0.2) is 4.98 Å². The highest BCUT2D eigenvalue weighted by atomic mass is 35.5. The molecule has 0 bridgehead atoms. The Morgan fingerprint density at radius 1 is 1.15 bits per heavy atom. The van der Waals surface area contributed by atoms with Crippen LogP contribution >= 0.6 is 11.6 Å². The van der Waals surface area contributed by atoms with E-state index in [1.807, 2.05) is 24.3 Å². The summed E-state index contributed by atoms with van der Waals surface area (Å²) >= 11 is 6.01. The highest BCUT2D eigenvalue weighted by Crippen LogP contribution is 2.25. The van der Waals surface area contributed by atoms with Crippen molar-refractivity contribution in [2.45, 2.75) is 0 Å². The van der Waals surface area contributed by atoms with Crippen LogP contribution in [0.2, 0.25) is 5.02 Å². The molecule has 0 saturated heterocycles. The van der Waals surface area contributed by atoms with E-state index >= 15 is 0 Å². The van der Waals surface area contributed by atoms with Gasteiger partial charge in [0, 0.05) is 18.0 Å². The molecule has 1 heterocycles. The van der Waals surface area contributed by atoms with Crippen LogP contribution in [0.15, 0.2) is 42.7 Å². The molecule has 2 aromatic rings. The first-order valence-electron chi connectivity index (χ1n) is 3.94. The Morgan fingerprint density at radius 3 is 2.62 bits per heavy atom. The van der Waals surface area contributed by atoms with Crippen LogP contribution < -0.4 is 0 Å². The Labute approximate surface area is 82.0 Å². The van der Waals surface area contributed by atoms with Gasteiger partial charge in [-0.2, -0.15) is 0 Å². The van der Waals surface area contributed by atoms with E-state index in [0.717, 1.165) is 16.1 Å². The van der Waals surface area contributed by atoms with Crippen molar-refractivity contribution in [3.05, 3.63) is 53.8 Å². The van der Waals surface area contributed by atoms with E-state index < -0.39 is 0 Å². The van der Waals surface area contributed by atoms with Gasteiger partial charge in [-0.1, -0.05) is 35.9 Å². The molecule has 1 nitrogen and oxygen atoms in total. The van der Waals surface area contributed by atoms with Crippen LogP contribution in [0.25, 0.3) is 11.1 Å². The van der Waals surface area contributed by atoms with Crippen LogP contribution in [0.1, 0.15) is 0 Å². The molecule has 1 aromatic heterocycles. The monoisotopic (exact) mass is 188 g/mol. The van der Waals surface area contributed by atoms with E-state index in [1.165, 1.54) is 0 Å². The SMILES string of the molecule is Clc1ccncc1-c1cc[c]cc1. The second kappa shape index (κ2) is 3.58. The van der Waals surface area contributed by atoms with E-state index in [4.69, 9.17) is 11.6 Å². The fourth-order valence-corrected chi connectivity index (χ4v) is 1.37. The standard InChI is InChI=1S/C11H7ClN/c12-11-6-7-13-8-10(11)9-4-2-1-3-5-9/h2-8H. The molecule has 0 fully saturated rings. The number of pyridine rings is 1. The molecule has 0 saturated carbocycles. The number of benzene rings is 1. The third-order valence-electron chi connectivity index (χ3n) is 1.80. The summed E-state index contributed by atoms with van der Waals surface area (Å²) in [4.78, 5) is 4.03. The van der Waals surface area contributed by atoms with Crippen molar-refractivity contribution in [1.82, 2.24) is 4.98 Å². The zero-order valence-corrected chi connectivity index (χ0v) is 7.62. The minimum absolute atomic E-state index is 0.723. The first-order valence-corrected chi connectivity index (χ1v) is 4.32. The molecule has 2 rings (SSSR count). The maximum absolute atomic E-state index is 6.01. The molecule has 0 aliphatic heterocycles. The van der Waals surface area contributed by atoms with Crippen molar-refractivity contribution in [1.29, 1.82) is 0 Å². The van der Waals surface area contributed by atoms with Gasteiger partial charge in [0.1, 0.15) is 0 Å². The number of hydrogen-bond acceptors (Lipinski definition) is 1. The number of rotatable bonds is 1. The lowest BCUT2D eigenvalue weighted by Gasteiger charge is -2.01. The highest BCUT2D eigenvalue weighted by molar-refractivity contribution is 6.33. The van der Waals surface area contributed by atoms with Gasteiger partial charge in [0.05, 0.1) is 5.02 Å². The minimum Gasteiger partial charge on any atom is -0.264 e. The van der Waals surface area contributed by atoms with E-state index in [0.29, 0.717) is 0 Å². The number of hydrogen-bond donors (Lipinski definition) is 0. The molecule has 0 aliphatic rings. The molecule has 0 spiro atoms. The van der Waals surface area contributed by atoms with Crippen molar-refractivity contribution in [3.8, 4) is 11.1 Å². The van der Waals surface area contributed by atoms with Gasteiger partial charge in [-0.25, -0.2) is 0 Å². The average molecular weight is 189 g/mol. The average Bonchev–Trinajstić information content (AvgIpc) is 2.20. The smallest absolute Gasteiger partial charge is 0.0515 e. The second-order valence-corrected chi connectivity index (χ2v) is 3.05. The summed E-state index contributed by atoms with van der Waals surface area (Å²) in [5.41, 5.74) is 2.02. The topological polar surface area (TPSA) is 12.9 Å². The molecule has 0 atom stereocenters. The molecule has 63 valence electrons. The molecule has 1 radical (unpaired) electrons. The van der Waals surface area contributed by atoms with Gasteiger partial charge in [-0.05, 0) is 17.7 Å². The van der Waals surface area contributed by atoms with Gasteiger partial charge < -0.3 is 0 Å². The van der Waals surface area contributed by atoms with E-state index in [-0.39, 0.29) is 0 Å². The number of nitrogens with zero attached hydrogens (tertiary/aromatic N) is 1. The van der Waals surface area contributed by atoms with Crippen molar-refractivity contribution < 1.29 is 0 Å². The Bertz CT molecular complexity index is 398. The van der Waals surface area contributed by atoms with Gasteiger partial charge in [-0.15, -0.1) is 0 Å². The Hall–Kier alpha value is -1.34. The lowest BCUT2D eigenvalue weighted by Crippen LogP contribution is -1.80. The highest BCUT2D eigenvalue weighted by Gasteiger charge is 2.00. The number of halogens is 1. The van der Waals surface area contributed by atoms with Crippen LogP contribution in [-0.2, 0) is 0 Å². The molecular weight excluding hydrogens is 182 g/mol. The van der Waals surface area contributed by atoms with Gasteiger partial charge in [0.15, 0.2) is 0 Å². The first-order chi connectivity index (χ1) is 6.38. The summed E-state index contributed by atoms with van der Waals surface area (Å²) < 4.78 is 0. The molecule has 0 aliphatic carbocycles. The fraction of sp³-hybridized carbons (Fsp3) is 0. The van der Waals surface area contributed by atoms with Gasteiger partial charge in [0.25, 0.3) is 0 Å². The van der Waals surface area contributed by atoms with Crippen LogP contribution in [0.5, 0.6) is 0 Å². The van der Waals surface area contributed by atoms with E-state index in [1.54, 1.807) is 18.5 Å². The van der Waals surface area contributed by atoms with Crippen molar-refractivity contribution >= 4 is 11.6 Å². The minimum atomic E-state index is 0.723. The summed E-state index contributed by atoms with van der Waals surface area (Å²) in [7, 11) is 0. The summed E-state index contributed by atoms with van der Waals surface area (Å²) in [5, 5.41) is 0.723. The molecule has 2 heteroatoms. The van der Waals surface area contributed by atoms with Crippen LogP contribution in [0.4, 0.5) is 0 Å². The quantitative estimate of drug-likeness (QED) is 0.670. The van der Waals surface area contributed by atoms with Crippen LogP contribution in [0, 0.1) is 6.07 Å². The predicted molar refractivity (Wildman–Crippen MR) is 53.5 cm³/mol. The summed E-state index contributed by atoms with van der Waals surface area (Å²) in [6.45, 7) is 0. The maximum atomic E-state index is 6.01. The third kappa shape index (κ3) is 1.70. The van der Waals surface area contributed by atoms with E-state index in [9.17, 15) is 0 Å². The molecule has 0 amide bonds. The molecule has 13 heavy (non-hydrogen) atoms. The van der Waals surface area contributed by atoms with Gasteiger partial charge in [0.2, 0.25) is 0 Å². The molecule has 1 aromatic carbocycles. The molecule has 0 N–H and O–H groups in total. The summed E-state index contributed by atoms with van der Waals surface area (Å²) in [6, 6.07) is 12.4. The molecular formula is C11H7ClN. The Morgan fingerprint density at radius 2 is 1.92 bits per heavy atom. The second-order valence-electron chi connectivity index (χ2n) is 2.64. The largest absolute Gasteiger partial charge is 0.264 e. The van der Waals surface area contributed by atoms with Crippen molar-refractivity contribution in [2.24, 2.45) is 0 Å². The predicted octanol–water partition coefficient (Wildman–Crippen LogP) is 3.20. The zero-order valence-electron chi connectivity index (χ0n) is 6.87.